The Morgan fingerprint density at radius 3 is 2.89 bits per heavy atom. The summed E-state index contributed by atoms with van der Waals surface area (Å²) in [5.74, 6) is 0.835. The molecule has 1 heterocycles. The van der Waals surface area contributed by atoms with Gasteiger partial charge < -0.3 is 10.1 Å². The number of nitrogens with one attached hydrogen (secondary N) is 1. The average Bonchev–Trinajstić information content (AvgIpc) is 2.92. The Kier molecular flexibility index (Phi) is 3.00. The first-order chi connectivity index (χ1) is 9.05. The predicted molar refractivity (Wildman–Crippen MR) is 74.2 cm³/mol. The van der Waals surface area contributed by atoms with E-state index in [2.05, 4.69) is 19.2 Å². The largest absolute Gasteiger partial charge is 0.492 e. The second-order valence-corrected chi connectivity index (χ2v) is 6.51. The van der Waals surface area contributed by atoms with Crippen molar-refractivity contribution in [2.24, 2.45) is 5.41 Å². The highest BCUT2D eigenvalue weighted by Crippen LogP contribution is 2.38. The quantitative estimate of drug-likeness (QED) is 0.887. The Morgan fingerprint density at radius 2 is 2.16 bits per heavy atom. The lowest BCUT2D eigenvalue weighted by atomic mass is 9.91. The fraction of sp³-hybridized carbons (Fsp3) is 0.562. The summed E-state index contributed by atoms with van der Waals surface area (Å²) in [5, 5.41) is 3.20. The predicted octanol–water partition coefficient (Wildman–Crippen LogP) is 2.86. The molecule has 2 atom stereocenters. The number of hydrogen-bond acceptors (Lipinski definition) is 2. The highest BCUT2D eigenvalue weighted by molar-refractivity contribution is 5.85. The summed E-state index contributed by atoms with van der Waals surface area (Å²) in [4.78, 5) is 12.4. The van der Waals surface area contributed by atoms with Crippen molar-refractivity contribution >= 4 is 5.91 Å². The molecule has 3 nitrogen and oxygen atoms in total. The lowest BCUT2D eigenvalue weighted by Gasteiger charge is -2.19. The van der Waals surface area contributed by atoms with Gasteiger partial charge in [0.2, 0.25) is 5.91 Å². The Hall–Kier alpha value is -1.51. The third-order valence-electron chi connectivity index (χ3n) is 4.33. The van der Waals surface area contributed by atoms with Crippen LogP contribution in [0.5, 0.6) is 5.75 Å². The van der Waals surface area contributed by atoms with Gasteiger partial charge in [0.05, 0.1) is 0 Å². The van der Waals surface area contributed by atoms with Crippen molar-refractivity contribution < 1.29 is 9.53 Å². The molecule has 1 aliphatic carbocycles. The highest BCUT2D eigenvalue weighted by atomic mass is 16.5. The van der Waals surface area contributed by atoms with Gasteiger partial charge in [-0.1, -0.05) is 32.0 Å². The fourth-order valence-corrected chi connectivity index (χ4v) is 3.24. The van der Waals surface area contributed by atoms with Crippen LogP contribution in [-0.2, 0) is 4.79 Å². The van der Waals surface area contributed by atoms with E-state index in [1.54, 1.807) is 0 Å². The smallest absolute Gasteiger partial charge is 0.231 e. The number of hydrogen-bond donors (Lipinski definition) is 1. The normalized spacial score (nSPS) is 27.7. The molecule has 0 spiro atoms. The number of carbonyl (C=O) groups excluding carboxylic acids is 1. The molecule has 2 aliphatic rings. The number of ether oxygens (including phenoxy) is 1. The van der Waals surface area contributed by atoms with Crippen LogP contribution in [0.4, 0.5) is 0 Å². The monoisotopic (exact) mass is 259 g/mol. The Bertz CT molecular complexity index is 495. The van der Waals surface area contributed by atoms with Crippen molar-refractivity contribution in [2.45, 2.75) is 45.1 Å². The van der Waals surface area contributed by atoms with E-state index in [1.165, 1.54) is 6.42 Å². The Morgan fingerprint density at radius 1 is 1.37 bits per heavy atom. The maximum absolute atomic E-state index is 12.4. The number of benzene rings is 1. The standard InChI is InChI=1S/C16H21NO2/c1-16(2)8-7-11(9-16)17-15(18)13-10-19-14-6-4-3-5-12(13)14/h3-6,11,13H,7-10H2,1-2H3,(H,17,18). The van der Waals surface area contributed by atoms with Crippen molar-refractivity contribution in [2.75, 3.05) is 6.61 Å². The van der Waals surface area contributed by atoms with Gasteiger partial charge in [-0.05, 0) is 30.7 Å². The second-order valence-electron chi connectivity index (χ2n) is 6.51. The van der Waals surface area contributed by atoms with Gasteiger partial charge in [-0.3, -0.25) is 4.79 Å². The van der Waals surface area contributed by atoms with E-state index in [4.69, 9.17) is 4.74 Å². The van der Waals surface area contributed by atoms with Crippen LogP contribution in [0, 0.1) is 5.41 Å². The van der Waals surface area contributed by atoms with E-state index in [9.17, 15) is 4.79 Å². The van der Waals surface area contributed by atoms with Gasteiger partial charge in [-0.25, -0.2) is 0 Å². The lowest BCUT2D eigenvalue weighted by molar-refractivity contribution is -0.123. The highest BCUT2D eigenvalue weighted by Gasteiger charge is 2.35. The van der Waals surface area contributed by atoms with Crippen molar-refractivity contribution in [1.82, 2.24) is 5.32 Å². The zero-order valence-corrected chi connectivity index (χ0v) is 11.6. The van der Waals surface area contributed by atoms with Crippen LogP contribution < -0.4 is 10.1 Å². The van der Waals surface area contributed by atoms with E-state index in [0.717, 1.165) is 24.2 Å². The summed E-state index contributed by atoms with van der Waals surface area (Å²) < 4.78 is 5.58. The first-order valence-electron chi connectivity index (χ1n) is 7.07. The topological polar surface area (TPSA) is 38.3 Å². The van der Waals surface area contributed by atoms with E-state index < -0.39 is 0 Å². The number of para-hydroxylation sites is 1. The van der Waals surface area contributed by atoms with Gasteiger partial charge in [-0.15, -0.1) is 0 Å². The molecule has 1 saturated carbocycles. The number of carbonyl (C=O) groups is 1. The summed E-state index contributed by atoms with van der Waals surface area (Å²) in [6, 6.07) is 8.16. The van der Waals surface area contributed by atoms with Crippen molar-refractivity contribution in [1.29, 1.82) is 0 Å². The molecule has 0 bridgehead atoms. The zero-order chi connectivity index (χ0) is 13.5. The third kappa shape index (κ3) is 2.46. The minimum Gasteiger partial charge on any atom is -0.492 e. The molecule has 102 valence electrons. The third-order valence-corrected chi connectivity index (χ3v) is 4.33. The van der Waals surface area contributed by atoms with Crippen molar-refractivity contribution in [3.63, 3.8) is 0 Å². The molecule has 2 unspecified atom stereocenters. The van der Waals surface area contributed by atoms with Gasteiger partial charge >= 0.3 is 0 Å². The number of rotatable bonds is 2. The Balaban J connectivity index is 1.66. The van der Waals surface area contributed by atoms with Crippen LogP contribution in [0.25, 0.3) is 0 Å². The molecule has 1 aromatic carbocycles. The Labute approximate surface area is 114 Å². The summed E-state index contributed by atoms with van der Waals surface area (Å²) in [6.07, 6.45) is 3.36. The first-order valence-corrected chi connectivity index (χ1v) is 7.07. The summed E-state index contributed by atoms with van der Waals surface area (Å²) in [5.41, 5.74) is 1.39. The van der Waals surface area contributed by atoms with Gasteiger partial charge in [0, 0.05) is 11.6 Å². The minimum atomic E-state index is -0.139. The fourth-order valence-electron chi connectivity index (χ4n) is 3.24. The van der Waals surface area contributed by atoms with Gasteiger partial charge in [0.15, 0.2) is 0 Å². The van der Waals surface area contributed by atoms with Crippen LogP contribution in [0.1, 0.15) is 44.6 Å². The van der Waals surface area contributed by atoms with Crippen LogP contribution in [0.15, 0.2) is 24.3 Å². The zero-order valence-electron chi connectivity index (χ0n) is 11.6. The molecule has 3 heteroatoms. The van der Waals surface area contributed by atoms with Gasteiger partial charge in [-0.2, -0.15) is 0 Å². The first kappa shape index (κ1) is 12.5. The molecule has 1 fully saturated rings. The van der Waals surface area contributed by atoms with E-state index in [-0.39, 0.29) is 11.8 Å². The van der Waals surface area contributed by atoms with Gasteiger partial charge in [0.25, 0.3) is 0 Å². The summed E-state index contributed by atoms with van der Waals surface area (Å²) >= 11 is 0. The molecule has 1 amide bonds. The summed E-state index contributed by atoms with van der Waals surface area (Å²) in [6.45, 7) is 5.02. The molecule has 19 heavy (non-hydrogen) atoms. The van der Waals surface area contributed by atoms with Crippen LogP contribution >= 0.6 is 0 Å². The maximum Gasteiger partial charge on any atom is 0.231 e. The molecule has 1 aliphatic heterocycles. The second kappa shape index (κ2) is 4.55. The van der Waals surface area contributed by atoms with Crippen LogP contribution in [-0.4, -0.2) is 18.6 Å². The van der Waals surface area contributed by atoms with Crippen LogP contribution in [0.3, 0.4) is 0 Å². The SMILES string of the molecule is CC1(C)CCC(NC(=O)C2COc3ccccc32)C1. The van der Waals surface area contributed by atoms with E-state index >= 15 is 0 Å². The van der Waals surface area contributed by atoms with Crippen molar-refractivity contribution in [3.05, 3.63) is 29.8 Å². The van der Waals surface area contributed by atoms with E-state index in [1.807, 2.05) is 24.3 Å². The maximum atomic E-state index is 12.4. The molecular formula is C16H21NO2. The minimum absolute atomic E-state index is 0.118. The number of amides is 1. The lowest BCUT2D eigenvalue weighted by Crippen LogP contribution is -2.37. The molecule has 3 rings (SSSR count). The molecule has 0 saturated heterocycles. The average molecular weight is 259 g/mol. The number of fused-ring (bicyclic) bond motifs is 1. The van der Waals surface area contributed by atoms with Crippen LogP contribution in [0.2, 0.25) is 0 Å². The molecule has 0 aromatic heterocycles. The van der Waals surface area contributed by atoms with E-state index in [0.29, 0.717) is 18.1 Å². The van der Waals surface area contributed by atoms with Crippen molar-refractivity contribution in [3.8, 4) is 5.75 Å². The molecule has 1 aromatic rings. The van der Waals surface area contributed by atoms with Gasteiger partial charge in [0.1, 0.15) is 18.3 Å². The molecule has 1 N–H and O–H groups in total. The molecular weight excluding hydrogens is 238 g/mol. The summed E-state index contributed by atoms with van der Waals surface area (Å²) in [7, 11) is 0. The molecule has 0 radical (unpaired) electrons.